The van der Waals surface area contributed by atoms with E-state index in [2.05, 4.69) is 5.32 Å². The number of carbonyl (C=O) groups is 2. The fourth-order valence-electron chi connectivity index (χ4n) is 4.21. The smallest absolute Gasteiger partial charge is 0.264 e. The second kappa shape index (κ2) is 14.6. The maximum Gasteiger partial charge on any atom is 0.264 e. The standard InChI is InChI=1S/C30H35Cl2N3O5S/c1-5-21(3)33-30(37)26(6-2)34(19-22-15-17-23(40-4)18-16-22)28(36)20-35(27-14-10-13-25(31)29(27)32)41(38,39)24-11-8-7-9-12-24/h7-18,21,26H,5-6,19-20H2,1-4H3,(H,33,37)/t21-,26+/m1/s1. The van der Waals surface area contributed by atoms with Crippen LogP contribution in [-0.4, -0.2) is 50.9 Å². The first-order valence-electron chi connectivity index (χ1n) is 13.3. The minimum Gasteiger partial charge on any atom is -0.497 e. The summed E-state index contributed by atoms with van der Waals surface area (Å²) in [5.41, 5.74) is 0.796. The van der Waals surface area contributed by atoms with Gasteiger partial charge < -0.3 is 15.0 Å². The van der Waals surface area contributed by atoms with Crippen LogP contribution in [-0.2, 0) is 26.2 Å². The molecule has 0 fully saturated rings. The molecule has 0 aliphatic rings. The predicted molar refractivity (Wildman–Crippen MR) is 163 cm³/mol. The van der Waals surface area contributed by atoms with E-state index in [1.54, 1.807) is 55.6 Å². The van der Waals surface area contributed by atoms with Crippen LogP contribution in [0.15, 0.2) is 77.7 Å². The summed E-state index contributed by atoms with van der Waals surface area (Å²) in [7, 11) is -2.70. The van der Waals surface area contributed by atoms with E-state index in [9.17, 15) is 18.0 Å². The molecule has 0 heterocycles. The van der Waals surface area contributed by atoms with E-state index in [0.717, 1.165) is 9.87 Å². The molecule has 220 valence electrons. The Morgan fingerprint density at radius 1 is 0.927 bits per heavy atom. The number of benzene rings is 3. The third-order valence-corrected chi connectivity index (χ3v) is 9.29. The molecule has 3 aromatic carbocycles. The van der Waals surface area contributed by atoms with Crippen LogP contribution in [0.5, 0.6) is 5.75 Å². The number of halogens is 2. The Balaban J connectivity index is 2.08. The van der Waals surface area contributed by atoms with Crippen LogP contribution in [0.1, 0.15) is 39.2 Å². The number of ether oxygens (including phenoxy) is 1. The van der Waals surface area contributed by atoms with Gasteiger partial charge >= 0.3 is 0 Å². The number of rotatable bonds is 13. The Labute approximate surface area is 252 Å². The average Bonchev–Trinajstić information content (AvgIpc) is 2.97. The molecule has 0 spiro atoms. The van der Waals surface area contributed by atoms with E-state index in [4.69, 9.17) is 27.9 Å². The van der Waals surface area contributed by atoms with Gasteiger partial charge in [0.05, 0.1) is 27.7 Å². The summed E-state index contributed by atoms with van der Waals surface area (Å²) in [4.78, 5) is 28.9. The van der Waals surface area contributed by atoms with Crippen molar-refractivity contribution < 1.29 is 22.7 Å². The van der Waals surface area contributed by atoms with Gasteiger partial charge in [-0.3, -0.25) is 13.9 Å². The van der Waals surface area contributed by atoms with Crippen LogP contribution < -0.4 is 14.4 Å². The highest BCUT2D eigenvalue weighted by Crippen LogP contribution is 2.35. The topological polar surface area (TPSA) is 96.0 Å². The highest BCUT2D eigenvalue weighted by Gasteiger charge is 2.34. The number of amides is 2. The van der Waals surface area contributed by atoms with E-state index in [-0.39, 0.29) is 39.1 Å². The summed E-state index contributed by atoms with van der Waals surface area (Å²) in [6.45, 7) is 5.10. The van der Waals surface area contributed by atoms with Crippen molar-refractivity contribution in [2.45, 2.75) is 57.1 Å². The maximum absolute atomic E-state index is 14.1. The van der Waals surface area contributed by atoms with Crippen molar-refractivity contribution >= 4 is 50.7 Å². The van der Waals surface area contributed by atoms with Gasteiger partial charge in [0.1, 0.15) is 18.3 Å². The summed E-state index contributed by atoms with van der Waals surface area (Å²) in [5.74, 6) is -0.256. The summed E-state index contributed by atoms with van der Waals surface area (Å²) < 4.78 is 34.0. The Bertz CT molecular complexity index is 1440. The third kappa shape index (κ3) is 7.93. The molecule has 0 aromatic heterocycles. The first-order valence-corrected chi connectivity index (χ1v) is 15.5. The molecule has 41 heavy (non-hydrogen) atoms. The molecule has 0 saturated carbocycles. The van der Waals surface area contributed by atoms with Crippen LogP contribution in [0.3, 0.4) is 0 Å². The monoisotopic (exact) mass is 619 g/mol. The Morgan fingerprint density at radius 2 is 1.59 bits per heavy atom. The van der Waals surface area contributed by atoms with Gasteiger partial charge in [-0.25, -0.2) is 8.42 Å². The zero-order chi connectivity index (χ0) is 30.2. The Hall–Kier alpha value is -3.27. The second-order valence-electron chi connectivity index (χ2n) is 9.51. The van der Waals surface area contributed by atoms with Gasteiger partial charge in [0, 0.05) is 12.6 Å². The molecule has 0 aliphatic heterocycles. The van der Waals surface area contributed by atoms with Crippen LogP contribution in [0, 0.1) is 0 Å². The van der Waals surface area contributed by atoms with Gasteiger partial charge in [0.2, 0.25) is 11.8 Å². The first-order chi connectivity index (χ1) is 19.5. The molecule has 8 nitrogen and oxygen atoms in total. The van der Waals surface area contributed by atoms with Crippen LogP contribution in [0.25, 0.3) is 0 Å². The van der Waals surface area contributed by atoms with Crippen molar-refractivity contribution in [3.8, 4) is 5.75 Å². The van der Waals surface area contributed by atoms with Crippen molar-refractivity contribution in [1.82, 2.24) is 10.2 Å². The number of carbonyl (C=O) groups excluding carboxylic acids is 2. The van der Waals surface area contributed by atoms with Crippen molar-refractivity contribution in [2.75, 3.05) is 18.0 Å². The molecule has 0 saturated heterocycles. The van der Waals surface area contributed by atoms with Crippen molar-refractivity contribution in [1.29, 1.82) is 0 Å². The summed E-state index contributed by atoms with van der Waals surface area (Å²) in [6, 6.07) is 18.5. The van der Waals surface area contributed by atoms with E-state index >= 15 is 0 Å². The maximum atomic E-state index is 14.1. The number of sulfonamides is 1. The predicted octanol–water partition coefficient (Wildman–Crippen LogP) is 5.92. The van der Waals surface area contributed by atoms with Gasteiger partial charge in [-0.2, -0.15) is 0 Å². The Morgan fingerprint density at radius 3 is 2.17 bits per heavy atom. The molecule has 1 N–H and O–H groups in total. The lowest BCUT2D eigenvalue weighted by molar-refractivity contribution is -0.140. The van der Waals surface area contributed by atoms with Gasteiger partial charge in [-0.15, -0.1) is 0 Å². The van der Waals surface area contributed by atoms with E-state index in [1.165, 1.54) is 29.2 Å². The molecule has 0 unspecified atom stereocenters. The number of methoxy groups -OCH3 is 1. The summed E-state index contributed by atoms with van der Waals surface area (Å²) in [6.07, 6.45) is 1.03. The fourth-order valence-corrected chi connectivity index (χ4v) is 6.10. The van der Waals surface area contributed by atoms with Crippen LogP contribution >= 0.6 is 23.2 Å². The minimum absolute atomic E-state index is 0.00951. The normalized spacial score (nSPS) is 12.7. The number of hydrogen-bond donors (Lipinski definition) is 1. The van der Waals surface area contributed by atoms with Gasteiger partial charge in [-0.1, -0.05) is 73.4 Å². The molecular weight excluding hydrogens is 585 g/mol. The number of hydrogen-bond acceptors (Lipinski definition) is 5. The van der Waals surface area contributed by atoms with Crippen molar-refractivity contribution in [3.63, 3.8) is 0 Å². The molecule has 3 aromatic rings. The summed E-state index contributed by atoms with van der Waals surface area (Å²) >= 11 is 12.7. The zero-order valence-corrected chi connectivity index (χ0v) is 25.8. The molecule has 0 radical (unpaired) electrons. The van der Waals surface area contributed by atoms with Crippen molar-refractivity contribution in [3.05, 3.63) is 88.4 Å². The number of nitrogens with one attached hydrogen (secondary N) is 1. The van der Waals surface area contributed by atoms with Crippen LogP contribution in [0.2, 0.25) is 10.0 Å². The van der Waals surface area contributed by atoms with Crippen LogP contribution in [0.4, 0.5) is 5.69 Å². The lowest BCUT2D eigenvalue weighted by atomic mass is 10.1. The molecule has 2 atom stereocenters. The minimum atomic E-state index is -4.25. The number of anilines is 1. The first kappa shape index (κ1) is 32.2. The SMILES string of the molecule is CC[C@@H](C)NC(=O)[C@H](CC)N(Cc1ccc(OC)cc1)C(=O)CN(c1cccc(Cl)c1Cl)S(=O)(=O)c1ccccc1. The number of nitrogens with zero attached hydrogens (tertiary/aromatic N) is 2. The largest absolute Gasteiger partial charge is 0.497 e. The fraction of sp³-hybridized carbons (Fsp3) is 0.333. The highest BCUT2D eigenvalue weighted by atomic mass is 35.5. The molecule has 2 amide bonds. The van der Waals surface area contributed by atoms with Gasteiger partial charge in [0.15, 0.2) is 0 Å². The molecule has 11 heteroatoms. The average molecular weight is 621 g/mol. The molecular formula is C30H35Cl2N3O5S. The van der Waals surface area contributed by atoms with Crippen molar-refractivity contribution in [2.24, 2.45) is 0 Å². The zero-order valence-electron chi connectivity index (χ0n) is 23.5. The highest BCUT2D eigenvalue weighted by molar-refractivity contribution is 7.92. The van der Waals surface area contributed by atoms with E-state index in [0.29, 0.717) is 18.6 Å². The van der Waals surface area contributed by atoms with Gasteiger partial charge in [-0.05, 0) is 61.7 Å². The van der Waals surface area contributed by atoms with Gasteiger partial charge in [0.25, 0.3) is 10.0 Å². The van der Waals surface area contributed by atoms with E-state index < -0.39 is 28.5 Å². The second-order valence-corrected chi connectivity index (χ2v) is 12.2. The van der Waals surface area contributed by atoms with E-state index in [1.807, 2.05) is 20.8 Å². The Kier molecular flexibility index (Phi) is 11.5. The summed E-state index contributed by atoms with van der Waals surface area (Å²) in [5, 5.41) is 3.08. The lowest BCUT2D eigenvalue weighted by Crippen LogP contribution is -2.53. The molecule has 0 bridgehead atoms. The third-order valence-electron chi connectivity index (χ3n) is 6.71. The lowest BCUT2D eigenvalue weighted by Gasteiger charge is -2.34. The molecule has 0 aliphatic carbocycles. The molecule has 3 rings (SSSR count). The quantitative estimate of drug-likeness (QED) is 0.256.